The number of benzene rings is 2. The summed E-state index contributed by atoms with van der Waals surface area (Å²) in [4.78, 5) is 0. The van der Waals surface area contributed by atoms with E-state index >= 15 is 0 Å². The average Bonchev–Trinajstić information content (AvgIpc) is 2.43. The Hall–Kier alpha value is -0.0200. The molecule has 0 aliphatic heterocycles. The van der Waals surface area contributed by atoms with Crippen molar-refractivity contribution >= 4 is 55.1 Å². The summed E-state index contributed by atoms with van der Waals surface area (Å²) in [7, 11) is 0. The summed E-state index contributed by atoms with van der Waals surface area (Å²) in [6, 6.07) is 14.2. The second-order valence-electron chi connectivity index (χ2n) is 4.77. The summed E-state index contributed by atoms with van der Waals surface area (Å²) in [5.41, 5.74) is 2.43. The predicted octanol–water partition coefficient (Wildman–Crippen LogP) is 6.55. The fourth-order valence-electron chi connectivity index (χ4n) is 2.20. The Kier molecular flexibility index (Phi) is 6.41. The van der Waals surface area contributed by atoms with Gasteiger partial charge in [0.05, 0.1) is 10.0 Å². The second kappa shape index (κ2) is 7.84. The molecule has 1 atom stereocenters. The highest BCUT2D eigenvalue weighted by atomic mass is 79.9. The van der Waals surface area contributed by atoms with Crippen LogP contribution >= 0.6 is 55.1 Å². The Labute approximate surface area is 146 Å². The van der Waals surface area contributed by atoms with Crippen molar-refractivity contribution in [1.29, 1.82) is 0 Å². The largest absolute Gasteiger partial charge is 0.0925 e. The molecule has 0 aromatic heterocycles. The van der Waals surface area contributed by atoms with Gasteiger partial charge in [0.2, 0.25) is 0 Å². The van der Waals surface area contributed by atoms with Gasteiger partial charge in [-0.15, -0.1) is 0 Å². The quantitative estimate of drug-likeness (QED) is 0.466. The first kappa shape index (κ1) is 16.4. The van der Waals surface area contributed by atoms with Crippen molar-refractivity contribution < 1.29 is 0 Å². The molecule has 0 aliphatic rings. The van der Waals surface area contributed by atoms with E-state index in [-0.39, 0.29) is 0 Å². The maximum atomic E-state index is 6.27. The molecule has 0 amide bonds. The van der Waals surface area contributed by atoms with E-state index in [2.05, 4.69) is 50.1 Å². The smallest absolute Gasteiger partial charge is 0.0624 e. The van der Waals surface area contributed by atoms with Gasteiger partial charge in [0, 0.05) is 9.80 Å². The van der Waals surface area contributed by atoms with Crippen molar-refractivity contribution in [3.63, 3.8) is 0 Å². The summed E-state index contributed by atoms with van der Waals surface area (Å²) in [5.74, 6) is 0.486. The van der Waals surface area contributed by atoms with Gasteiger partial charge in [0.25, 0.3) is 0 Å². The lowest BCUT2D eigenvalue weighted by atomic mass is 9.94. The van der Waals surface area contributed by atoms with Crippen LogP contribution in [0.25, 0.3) is 0 Å². The predicted molar refractivity (Wildman–Crippen MR) is 95.3 cm³/mol. The highest BCUT2D eigenvalue weighted by Gasteiger charge is 2.13. The van der Waals surface area contributed by atoms with Gasteiger partial charge in [-0.05, 0) is 48.1 Å². The van der Waals surface area contributed by atoms with Gasteiger partial charge in [-0.25, -0.2) is 0 Å². The lowest BCUT2D eigenvalue weighted by Gasteiger charge is -2.16. The fraction of sp³-hybridized carbons (Fsp3) is 0.250. The molecule has 0 aliphatic carbocycles. The normalized spacial score (nSPS) is 12.4. The van der Waals surface area contributed by atoms with Crippen molar-refractivity contribution in [2.24, 2.45) is 5.92 Å². The molecule has 106 valence electrons. The zero-order valence-corrected chi connectivity index (χ0v) is 15.4. The summed E-state index contributed by atoms with van der Waals surface area (Å²) < 4.78 is 1.11. The van der Waals surface area contributed by atoms with Crippen molar-refractivity contribution in [2.75, 3.05) is 5.33 Å². The van der Waals surface area contributed by atoms with E-state index in [1.165, 1.54) is 5.56 Å². The van der Waals surface area contributed by atoms with E-state index in [1.807, 2.05) is 24.3 Å². The third kappa shape index (κ3) is 4.49. The van der Waals surface area contributed by atoms with Crippen LogP contribution in [-0.2, 0) is 12.8 Å². The van der Waals surface area contributed by atoms with Crippen LogP contribution in [0.5, 0.6) is 0 Å². The van der Waals surface area contributed by atoms with Crippen LogP contribution in [0.4, 0.5) is 0 Å². The van der Waals surface area contributed by atoms with Crippen molar-refractivity contribution in [3.05, 3.63) is 68.1 Å². The molecule has 1 unspecified atom stereocenters. The Balaban J connectivity index is 2.11. The standard InChI is InChI=1S/C16H14Br2Cl2/c17-10-12(7-11-3-1-5-14(18)9-11)8-13-4-2-6-15(19)16(13)20/h1-6,9,12H,7-8,10H2. The molecule has 0 heterocycles. The van der Waals surface area contributed by atoms with Crippen LogP contribution in [0.2, 0.25) is 10.0 Å². The van der Waals surface area contributed by atoms with Crippen molar-refractivity contribution in [1.82, 2.24) is 0 Å². The molecule has 0 fully saturated rings. The molecule has 20 heavy (non-hydrogen) atoms. The fourth-order valence-corrected chi connectivity index (χ4v) is 3.50. The number of halogens is 4. The van der Waals surface area contributed by atoms with Gasteiger partial charge in [0.15, 0.2) is 0 Å². The van der Waals surface area contributed by atoms with E-state index in [4.69, 9.17) is 23.2 Å². The Bertz CT molecular complexity index is 584. The number of hydrogen-bond donors (Lipinski definition) is 0. The first-order valence-corrected chi connectivity index (χ1v) is 9.00. The zero-order chi connectivity index (χ0) is 14.5. The van der Waals surface area contributed by atoms with Crippen molar-refractivity contribution in [3.8, 4) is 0 Å². The van der Waals surface area contributed by atoms with E-state index in [0.717, 1.165) is 28.2 Å². The molecular formula is C16H14Br2Cl2. The van der Waals surface area contributed by atoms with Gasteiger partial charge in [-0.2, -0.15) is 0 Å². The molecule has 0 nitrogen and oxygen atoms in total. The number of alkyl halides is 1. The Morgan fingerprint density at radius 3 is 2.45 bits per heavy atom. The SMILES string of the molecule is Clc1cccc(CC(CBr)Cc2cccc(Br)c2)c1Cl. The molecule has 0 spiro atoms. The minimum atomic E-state index is 0.486. The molecule has 4 heteroatoms. The van der Waals surface area contributed by atoms with Crippen molar-refractivity contribution in [2.45, 2.75) is 12.8 Å². The van der Waals surface area contributed by atoms with Gasteiger partial charge in [-0.1, -0.05) is 79.3 Å². The molecule has 0 saturated heterocycles. The molecule has 0 bridgehead atoms. The molecule has 0 N–H and O–H groups in total. The summed E-state index contributed by atoms with van der Waals surface area (Å²) in [6.07, 6.45) is 1.92. The topological polar surface area (TPSA) is 0 Å². The highest BCUT2D eigenvalue weighted by molar-refractivity contribution is 9.10. The third-order valence-electron chi connectivity index (χ3n) is 3.17. The lowest BCUT2D eigenvalue weighted by Crippen LogP contribution is -2.10. The molecule has 2 aromatic rings. The van der Waals surface area contributed by atoms with E-state index < -0.39 is 0 Å². The monoisotopic (exact) mass is 434 g/mol. The highest BCUT2D eigenvalue weighted by Crippen LogP contribution is 2.29. The third-order valence-corrected chi connectivity index (χ3v) is 5.44. The van der Waals surface area contributed by atoms with Crippen LogP contribution in [-0.4, -0.2) is 5.33 Å². The number of hydrogen-bond acceptors (Lipinski definition) is 0. The van der Waals surface area contributed by atoms with Gasteiger partial charge >= 0.3 is 0 Å². The Morgan fingerprint density at radius 2 is 1.75 bits per heavy atom. The Morgan fingerprint density at radius 1 is 1.00 bits per heavy atom. The molecular weight excluding hydrogens is 423 g/mol. The molecule has 0 saturated carbocycles. The van der Waals surface area contributed by atoms with E-state index in [0.29, 0.717) is 16.0 Å². The first-order valence-electron chi connectivity index (χ1n) is 6.33. The van der Waals surface area contributed by atoms with Crippen LogP contribution < -0.4 is 0 Å². The minimum Gasteiger partial charge on any atom is -0.0925 e. The van der Waals surface area contributed by atoms with Gasteiger partial charge in [-0.3, -0.25) is 0 Å². The van der Waals surface area contributed by atoms with Crippen LogP contribution in [0.15, 0.2) is 46.9 Å². The first-order chi connectivity index (χ1) is 9.60. The average molecular weight is 437 g/mol. The molecule has 2 rings (SSSR count). The molecule has 0 radical (unpaired) electrons. The molecule has 2 aromatic carbocycles. The van der Waals surface area contributed by atoms with Crippen LogP contribution in [0.3, 0.4) is 0 Å². The zero-order valence-electron chi connectivity index (χ0n) is 10.8. The maximum absolute atomic E-state index is 6.27. The maximum Gasteiger partial charge on any atom is 0.0624 e. The van der Waals surface area contributed by atoms with E-state index in [1.54, 1.807) is 0 Å². The summed E-state index contributed by atoms with van der Waals surface area (Å²) in [6.45, 7) is 0. The second-order valence-corrected chi connectivity index (χ2v) is 7.12. The van der Waals surface area contributed by atoms with Crippen LogP contribution in [0, 0.1) is 5.92 Å². The summed E-state index contributed by atoms with van der Waals surface area (Å²) in [5, 5.41) is 2.23. The van der Waals surface area contributed by atoms with Gasteiger partial charge in [0.1, 0.15) is 0 Å². The van der Waals surface area contributed by atoms with Crippen LogP contribution in [0.1, 0.15) is 11.1 Å². The number of rotatable bonds is 5. The van der Waals surface area contributed by atoms with E-state index in [9.17, 15) is 0 Å². The van der Waals surface area contributed by atoms with Gasteiger partial charge < -0.3 is 0 Å². The summed E-state index contributed by atoms with van der Waals surface area (Å²) >= 11 is 19.5. The minimum absolute atomic E-state index is 0.486. The lowest BCUT2D eigenvalue weighted by molar-refractivity contribution is 0.591.